The Hall–Kier alpha value is -2.44. The molecule has 0 aliphatic carbocycles. The van der Waals surface area contributed by atoms with Crippen LogP contribution in [0.15, 0.2) is 42.5 Å². The molecule has 0 aromatic heterocycles. The summed E-state index contributed by atoms with van der Waals surface area (Å²) >= 11 is 6.13. The molecule has 0 fully saturated rings. The average molecular weight is 348 g/mol. The molecule has 0 spiro atoms. The number of hydrogen-bond acceptors (Lipinski definition) is 4. The first kappa shape index (κ1) is 17.9. The molecule has 2 aromatic carbocycles. The highest BCUT2D eigenvalue weighted by Crippen LogP contribution is 2.23. The van der Waals surface area contributed by atoms with Gasteiger partial charge in [-0.15, -0.1) is 0 Å². The minimum Gasteiger partial charge on any atom is -0.324 e. The summed E-state index contributed by atoms with van der Waals surface area (Å²) in [4.78, 5) is 22.4. The fourth-order valence-electron chi connectivity index (χ4n) is 2.23. The summed E-state index contributed by atoms with van der Waals surface area (Å²) in [6.07, 6.45) is 0. The van der Waals surface area contributed by atoms with E-state index in [0.717, 1.165) is 11.1 Å². The Morgan fingerprint density at radius 2 is 2.00 bits per heavy atom. The number of anilines is 1. The highest BCUT2D eigenvalue weighted by atomic mass is 35.5. The van der Waals surface area contributed by atoms with E-state index in [0.29, 0.717) is 10.7 Å². The van der Waals surface area contributed by atoms with Crippen LogP contribution in [0.3, 0.4) is 0 Å². The van der Waals surface area contributed by atoms with Gasteiger partial charge in [-0.05, 0) is 31.0 Å². The lowest BCUT2D eigenvalue weighted by Crippen LogP contribution is -2.30. The third kappa shape index (κ3) is 4.53. The normalized spacial score (nSPS) is 11.8. The van der Waals surface area contributed by atoms with Gasteiger partial charge in [-0.1, -0.05) is 35.9 Å². The third-order valence-corrected chi connectivity index (χ3v) is 3.99. The molecule has 2 aromatic rings. The molecule has 0 saturated heterocycles. The second kappa shape index (κ2) is 7.90. The highest BCUT2D eigenvalue weighted by Gasteiger charge is 2.13. The van der Waals surface area contributed by atoms with Crippen molar-refractivity contribution in [3.63, 3.8) is 0 Å². The fraction of sp³-hybridized carbons (Fsp3) is 0.235. The van der Waals surface area contributed by atoms with E-state index in [1.165, 1.54) is 12.1 Å². The van der Waals surface area contributed by atoms with Crippen LogP contribution in [0.2, 0.25) is 5.02 Å². The van der Waals surface area contributed by atoms with Gasteiger partial charge in [0.1, 0.15) is 0 Å². The van der Waals surface area contributed by atoms with Gasteiger partial charge in [-0.2, -0.15) is 0 Å². The van der Waals surface area contributed by atoms with Crippen LogP contribution in [0, 0.1) is 17.0 Å². The third-order valence-electron chi connectivity index (χ3n) is 3.65. The molecule has 1 amide bonds. The Kier molecular flexibility index (Phi) is 5.89. The van der Waals surface area contributed by atoms with Crippen LogP contribution < -0.4 is 10.6 Å². The molecule has 0 bridgehead atoms. The van der Waals surface area contributed by atoms with Crippen molar-refractivity contribution in [1.29, 1.82) is 0 Å². The first-order chi connectivity index (χ1) is 11.4. The number of non-ortho nitro benzene ring substituents is 1. The van der Waals surface area contributed by atoms with Gasteiger partial charge < -0.3 is 10.6 Å². The maximum Gasteiger partial charge on any atom is 0.271 e. The molecule has 7 heteroatoms. The first-order valence-corrected chi connectivity index (χ1v) is 7.79. The van der Waals surface area contributed by atoms with Gasteiger partial charge in [0, 0.05) is 23.2 Å². The van der Waals surface area contributed by atoms with Crippen molar-refractivity contribution in [1.82, 2.24) is 5.32 Å². The second-order valence-corrected chi connectivity index (χ2v) is 5.84. The van der Waals surface area contributed by atoms with Crippen molar-refractivity contribution in [3.8, 4) is 0 Å². The van der Waals surface area contributed by atoms with E-state index < -0.39 is 4.92 Å². The van der Waals surface area contributed by atoms with Gasteiger partial charge in [0.25, 0.3) is 5.69 Å². The molecule has 0 saturated carbocycles. The molecule has 0 aliphatic rings. The number of hydrogen-bond donors (Lipinski definition) is 2. The maximum absolute atomic E-state index is 12.1. The number of amides is 1. The van der Waals surface area contributed by atoms with Gasteiger partial charge in [0.15, 0.2) is 0 Å². The lowest BCUT2D eigenvalue weighted by atomic mass is 10.1. The van der Waals surface area contributed by atoms with Crippen molar-refractivity contribution in [3.05, 3.63) is 68.7 Å². The maximum atomic E-state index is 12.1. The molecule has 0 radical (unpaired) electrons. The predicted octanol–water partition coefficient (Wildman–Crippen LogP) is 3.85. The molecule has 24 heavy (non-hydrogen) atoms. The van der Waals surface area contributed by atoms with Crippen molar-refractivity contribution >= 4 is 28.9 Å². The molecule has 2 rings (SSSR count). The Morgan fingerprint density at radius 3 is 2.67 bits per heavy atom. The Labute approximate surface area is 145 Å². The van der Waals surface area contributed by atoms with E-state index in [1.54, 1.807) is 19.1 Å². The topological polar surface area (TPSA) is 84.3 Å². The number of halogens is 1. The Balaban J connectivity index is 1.98. The standard InChI is InChI=1S/C17H18ClN3O3/c1-11-7-8-13(21(23)24)9-16(11)20-17(22)10-19-12(2)14-5-3-4-6-15(14)18/h3-9,12,19H,10H2,1-2H3,(H,20,22)/t12-/m1/s1. The average Bonchev–Trinajstić information content (AvgIpc) is 2.55. The SMILES string of the molecule is Cc1ccc([N+](=O)[O-])cc1NC(=O)CN[C@H](C)c1ccccc1Cl. The molecular formula is C17H18ClN3O3. The smallest absolute Gasteiger partial charge is 0.271 e. The van der Waals surface area contributed by atoms with Crippen LogP contribution in [0.1, 0.15) is 24.1 Å². The number of nitrogens with one attached hydrogen (secondary N) is 2. The number of rotatable bonds is 6. The molecule has 0 unspecified atom stereocenters. The summed E-state index contributed by atoms with van der Waals surface area (Å²) in [5.74, 6) is -0.280. The number of nitro benzene ring substituents is 1. The van der Waals surface area contributed by atoms with Crippen molar-refractivity contribution in [2.75, 3.05) is 11.9 Å². The van der Waals surface area contributed by atoms with E-state index >= 15 is 0 Å². The van der Waals surface area contributed by atoms with Crippen LogP contribution in [0.25, 0.3) is 0 Å². The molecule has 126 valence electrons. The quantitative estimate of drug-likeness (QED) is 0.614. The van der Waals surface area contributed by atoms with E-state index in [-0.39, 0.29) is 24.2 Å². The van der Waals surface area contributed by atoms with Crippen LogP contribution >= 0.6 is 11.6 Å². The summed E-state index contributed by atoms with van der Waals surface area (Å²) < 4.78 is 0. The summed E-state index contributed by atoms with van der Waals surface area (Å²) in [6.45, 7) is 3.75. The summed E-state index contributed by atoms with van der Waals surface area (Å²) in [7, 11) is 0. The zero-order valence-electron chi connectivity index (χ0n) is 13.4. The monoisotopic (exact) mass is 347 g/mol. The van der Waals surface area contributed by atoms with E-state index in [2.05, 4.69) is 10.6 Å². The number of aryl methyl sites for hydroxylation is 1. The zero-order valence-corrected chi connectivity index (χ0v) is 14.1. The molecule has 1 atom stereocenters. The first-order valence-electron chi connectivity index (χ1n) is 7.41. The van der Waals surface area contributed by atoms with Crippen molar-refractivity contribution < 1.29 is 9.72 Å². The fourth-order valence-corrected chi connectivity index (χ4v) is 2.53. The molecule has 2 N–H and O–H groups in total. The lowest BCUT2D eigenvalue weighted by Gasteiger charge is -2.16. The minimum absolute atomic E-state index is 0.0618. The van der Waals surface area contributed by atoms with Gasteiger partial charge in [0.05, 0.1) is 17.2 Å². The summed E-state index contributed by atoms with van der Waals surface area (Å²) in [6, 6.07) is 11.7. The summed E-state index contributed by atoms with van der Waals surface area (Å²) in [5.41, 5.74) is 2.03. The van der Waals surface area contributed by atoms with E-state index in [1.807, 2.05) is 25.1 Å². The minimum atomic E-state index is -0.493. The molecule has 6 nitrogen and oxygen atoms in total. The van der Waals surface area contributed by atoms with Crippen LogP contribution in [-0.2, 0) is 4.79 Å². The largest absolute Gasteiger partial charge is 0.324 e. The molecule has 0 heterocycles. The Bertz CT molecular complexity index is 764. The predicted molar refractivity (Wildman–Crippen MR) is 94.3 cm³/mol. The van der Waals surface area contributed by atoms with Crippen LogP contribution in [0.5, 0.6) is 0 Å². The Morgan fingerprint density at radius 1 is 1.29 bits per heavy atom. The van der Waals surface area contributed by atoms with Crippen LogP contribution in [-0.4, -0.2) is 17.4 Å². The number of carbonyl (C=O) groups excluding carboxylic acids is 1. The van der Waals surface area contributed by atoms with Gasteiger partial charge >= 0.3 is 0 Å². The number of carbonyl (C=O) groups is 1. The van der Waals surface area contributed by atoms with Gasteiger partial charge in [-0.25, -0.2) is 0 Å². The van der Waals surface area contributed by atoms with Gasteiger partial charge in [-0.3, -0.25) is 14.9 Å². The van der Waals surface area contributed by atoms with Crippen LogP contribution in [0.4, 0.5) is 11.4 Å². The molecular weight excluding hydrogens is 330 g/mol. The van der Waals surface area contributed by atoms with Crippen molar-refractivity contribution in [2.45, 2.75) is 19.9 Å². The number of nitro groups is 1. The second-order valence-electron chi connectivity index (χ2n) is 5.43. The zero-order chi connectivity index (χ0) is 17.7. The van der Waals surface area contributed by atoms with E-state index in [9.17, 15) is 14.9 Å². The highest BCUT2D eigenvalue weighted by molar-refractivity contribution is 6.31. The van der Waals surface area contributed by atoms with E-state index in [4.69, 9.17) is 11.6 Å². The summed E-state index contributed by atoms with van der Waals surface area (Å²) in [5, 5.41) is 17.2. The lowest BCUT2D eigenvalue weighted by molar-refractivity contribution is -0.384. The number of nitrogens with zero attached hydrogens (tertiary/aromatic N) is 1. The van der Waals surface area contributed by atoms with Gasteiger partial charge in [0.2, 0.25) is 5.91 Å². The van der Waals surface area contributed by atoms with Crippen molar-refractivity contribution in [2.24, 2.45) is 0 Å². The number of benzene rings is 2. The molecule has 0 aliphatic heterocycles.